The number of carbonyl (C=O) groups excluding carboxylic acids is 1. The second kappa shape index (κ2) is 7.58. The maximum absolute atomic E-state index is 12.1. The van der Waals surface area contributed by atoms with Crippen LogP contribution in [0.4, 0.5) is 0 Å². The number of likely N-dealkylation sites (tertiary alicyclic amines) is 1. The minimum atomic E-state index is -0.213. The second-order valence-electron chi connectivity index (χ2n) is 6.29. The number of aryl methyl sites for hydroxylation is 1. The summed E-state index contributed by atoms with van der Waals surface area (Å²) in [5.74, 6) is -0.122. The molecule has 0 spiro atoms. The summed E-state index contributed by atoms with van der Waals surface area (Å²) >= 11 is 2.16. The Kier molecular flexibility index (Phi) is 6.05. The van der Waals surface area contributed by atoms with E-state index < -0.39 is 0 Å². The summed E-state index contributed by atoms with van der Waals surface area (Å²) in [7, 11) is 2.27. The SMILES string of the molecule is Cc1ccc(C(I)C(=O)OCC[N+]2(C)CCCCC2)cc1. The van der Waals surface area contributed by atoms with Gasteiger partial charge in [-0.2, -0.15) is 0 Å². The molecular weight excluding hydrogens is 377 g/mol. The lowest BCUT2D eigenvalue weighted by atomic mass is 10.1. The van der Waals surface area contributed by atoms with Gasteiger partial charge in [0, 0.05) is 0 Å². The van der Waals surface area contributed by atoms with Gasteiger partial charge in [-0.05, 0) is 31.7 Å². The molecule has 1 unspecified atom stereocenters. The van der Waals surface area contributed by atoms with Gasteiger partial charge in [0.25, 0.3) is 0 Å². The molecule has 0 N–H and O–H groups in total. The minimum absolute atomic E-state index is 0.122. The predicted molar refractivity (Wildman–Crippen MR) is 93.5 cm³/mol. The highest BCUT2D eigenvalue weighted by Gasteiger charge is 2.25. The Labute approximate surface area is 141 Å². The monoisotopic (exact) mass is 402 g/mol. The first-order valence-electron chi connectivity index (χ1n) is 7.71. The van der Waals surface area contributed by atoms with Crippen LogP contribution in [0.5, 0.6) is 0 Å². The lowest BCUT2D eigenvalue weighted by Gasteiger charge is -2.37. The number of hydrogen-bond donors (Lipinski definition) is 0. The third-order valence-corrected chi connectivity index (χ3v) is 5.58. The average molecular weight is 402 g/mol. The van der Waals surface area contributed by atoms with Crippen molar-refractivity contribution in [3.05, 3.63) is 35.4 Å². The molecular formula is C17H25INO2+. The van der Waals surface area contributed by atoms with Crippen LogP contribution >= 0.6 is 22.6 Å². The van der Waals surface area contributed by atoms with E-state index >= 15 is 0 Å². The highest BCUT2D eigenvalue weighted by atomic mass is 127. The number of alkyl halides is 1. The Morgan fingerprint density at radius 2 is 1.86 bits per heavy atom. The van der Waals surface area contributed by atoms with Crippen LogP contribution in [0.2, 0.25) is 0 Å². The molecule has 1 fully saturated rings. The van der Waals surface area contributed by atoms with Gasteiger partial charge in [0.05, 0.1) is 20.1 Å². The quantitative estimate of drug-likeness (QED) is 0.325. The molecule has 4 heteroatoms. The van der Waals surface area contributed by atoms with E-state index in [0.29, 0.717) is 6.61 Å². The molecule has 1 heterocycles. The first kappa shape index (κ1) is 16.7. The molecule has 1 aromatic carbocycles. The largest absolute Gasteiger partial charge is 0.459 e. The van der Waals surface area contributed by atoms with E-state index in [9.17, 15) is 4.79 Å². The van der Waals surface area contributed by atoms with E-state index in [1.54, 1.807) is 0 Å². The summed E-state index contributed by atoms with van der Waals surface area (Å²) in [6.07, 6.45) is 3.93. The summed E-state index contributed by atoms with van der Waals surface area (Å²) in [4.78, 5) is 12.1. The van der Waals surface area contributed by atoms with Crippen molar-refractivity contribution >= 4 is 28.6 Å². The van der Waals surface area contributed by atoms with Crippen LogP contribution in [0.3, 0.4) is 0 Å². The lowest BCUT2D eigenvalue weighted by molar-refractivity contribution is -0.914. The predicted octanol–water partition coefficient (Wildman–Crippen LogP) is 3.64. The van der Waals surface area contributed by atoms with E-state index in [-0.39, 0.29) is 9.89 Å². The van der Waals surface area contributed by atoms with Crippen molar-refractivity contribution in [3.63, 3.8) is 0 Å². The van der Waals surface area contributed by atoms with E-state index in [0.717, 1.165) is 16.6 Å². The standard InChI is InChI=1S/C17H25INO2/c1-14-6-8-15(9-7-14)16(18)17(20)21-13-12-19(2)10-4-3-5-11-19/h6-9,16H,3-5,10-13H2,1-2H3/q+1. The molecule has 0 aromatic heterocycles. The van der Waals surface area contributed by atoms with E-state index in [2.05, 4.69) is 29.6 Å². The van der Waals surface area contributed by atoms with Crippen LogP contribution in [-0.2, 0) is 9.53 Å². The third kappa shape index (κ3) is 4.95. The number of piperidine rings is 1. The zero-order valence-corrected chi connectivity index (χ0v) is 15.1. The first-order chi connectivity index (χ1) is 10.0. The fourth-order valence-electron chi connectivity index (χ4n) is 2.81. The molecule has 2 rings (SSSR count). The average Bonchev–Trinajstić information content (AvgIpc) is 2.48. The Balaban J connectivity index is 1.80. The van der Waals surface area contributed by atoms with Gasteiger partial charge in [0.1, 0.15) is 17.1 Å². The topological polar surface area (TPSA) is 26.3 Å². The van der Waals surface area contributed by atoms with Crippen LogP contribution in [-0.4, -0.2) is 43.7 Å². The van der Waals surface area contributed by atoms with E-state index in [1.807, 2.05) is 31.2 Å². The fraction of sp³-hybridized carbons (Fsp3) is 0.588. The number of ether oxygens (including phenoxy) is 1. The molecule has 1 atom stereocenters. The maximum atomic E-state index is 12.1. The van der Waals surface area contributed by atoms with Gasteiger partial charge < -0.3 is 9.22 Å². The van der Waals surface area contributed by atoms with E-state index in [1.165, 1.54) is 37.9 Å². The van der Waals surface area contributed by atoms with Gasteiger partial charge in [-0.15, -0.1) is 0 Å². The Morgan fingerprint density at radius 1 is 1.24 bits per heavy atom. The molecule has 0 aliphatic carbocycles. The van der Waals surface area contributed by atoms with E-state index in [4.69, 9.17) is 4.74 Å². The summed E-state index contributed by atoms with van der Waals surface area (Å²) in [5, 5.41) is 0. The highest BCUT2D eigenvalue weighted by Crippen LogP contribution is 2.25. The molecule has 0 bridgehead atoms. The van der Waals surface area contributed by atoms with Gasteiger partial charge in [0.15, 0.2) is 0 Å². The van der Waals surface area contributed by atoms with Crippen molar-refractivity contribution in [1.29, 1.82) is 0 Å². The number of rotatable bonds is 5. The summed E-state index contributed by atoms with van der Waals surface area (Å²) in [6, 6.07) is 8.08. The second-order valence-corrected chi connectivity index (χ2v) is 7.54. The Morgan fingerprint density at radius 3 is 2.48 bits per heavy atom. The molecule has 1 aliphatic rings. The smallest absolute Gasteiger partial charge is 0.323 e. The molecule has 0 amide bonds. The van der Waals surface area contributed by atoms with Crippen LogP contribution in [0.1, 0.15) is 34.3 Å². The van der Waals surface area contributed by atoms with Gasteiger partial charge in [0.2, 0.25) is 0 Å². The van der Waals surface area contributed by atoms with Gasteiger partial charge >= 0.3 is 5.97 Å². The Bertz CT molecular complexity index is 466. The van der Waals surface area contributed by atoms with Gasteiger partial charge in [-0.1, -0.05) is 52.4 Å². The van der Waals surface area contributed by atoms with Gasteiger partial charge in [-0.3, -0.25) is 4.79 Å². The van der Waals surface area contributed by atoms with Crippen molar-refractivity contribution in [2.75, 3.05) is 33.3 Å². The van der Waals surface area contributed by atoms with Crippen LogP contribution in [0.25, 0.3) is 0 Å². The summed E-state index contributed by atoms with van der Waals surface area (Å²) < 4.78 is 6.33. The van der Waals surface area contributed by atoms with Crippen molar-refractivity contribution in [3.8, 4) is 0 Å². The first-order valence-corrected chi connectivity index (χ1v) is 8.96. The Hall–Kier alpha value is -0.620. The number of benzene rings is 1. The normalized spacial score (nSPS) is 19.0. The molecule has 0 saturated carbocycles. The van der Waals surface area contributed by atoms with Crippen LogP contribution < -0.4 is 0 Å². The van der Waals surface area contributed by atoms with Gasteiger partial charge in [-0.25, -0.2) is 0 Å². The number of halogens is 1. The summed E-state index contributed by atoms with van der Waals surface area (Å²) in [5.41, 5.74) is 2.22. The molecule has 1 aliphatic heterocycles. The molecule has 0 radical (unpaired) electrons. The third-order valence-electron chi connectivity index (χ3n) is 4.35. The zero-order valence-electron chi connectivity index (χ0n) is 13.0. The van der Waals surface area contributed by atoms with Crippen molar-refractivity contribution < 1.29 is 14.0 Å². The van der Waals surface area contributed by atoms with Crippen LogP contribution in [0.15, 0.2) is 24.3 Å². The molecule has 3 nitrogen and oxygen atoms in total. The number of esters is 1. The maximum Gasteiger partial charge on any atom is 0.323 e. The summed E-state index contributed by atoms with van der Waals surface area (Å²) in [6.45, 7) is 5.93. The van der Waals surface area contributed by atoms with Crippen molar-refractivity contribution in [2.24, 2.45) is 0 Å². The number of likely N-dealkylation sites (N-methyl/N-ethyl adjacent to an activating group) is 1. The highest BCUT2D eigenvalue weighted by molar-refractivity contribution is 14.1. The van der Waals surface area contributed by atoms with Crippen molar-refractivity contribution in [2.45, 2.75) is 30.1 Å². The number of quaternary nitrogens is 1. The molecule has 1 saturated heterocycles. The number of carbonyl (C=O) groups is 1. The molecule has 21 heavy (non-hydrogen) atoms. The lowest BCUT2D eigenvalue weighted by Crippen LogP contribution is -2.49. The van der Waals surface area contributed by atoms with Crippen LogP contribution in [0, 0.1) is 6.92 Å². The van der Waals surface area contributed by atoms with Crippen molar-refractivity contribution in [1.82, 2.24) is 0 Å². The molecule has 116 valence electrons. The fourth-order valence-corrected chi connectivity index (χ4v) is 3.41. The number of hydrogen-bond acceptors (Lipinski definition) is 2. The minimum Gasteiger partial charge on any atom is -0.459 e. The zero-order chi connectivity index (χ0) is 15.3. The molecule has 1 aromatic rings. The number of nitrogens with zero attached hydrogens (tertiary/aromatic N) is 1.